The third kappa shape index (κ3) is 6.42. The van der Waals surface area contributed by atoms with E-state index in [1.54, 1.807) is 18.6 Å². The number of aromatic amines is 2. The number of hydrogen-bond donors (Lipinski definition) is 3. The summed E-state index contributed by atoms with van der Waals surface area (Å²) in [6.07, 6.45) is 10.3. The van der Waals surface area contributed by atoms with Gasteiger partial charge in [0.25, 0.3) is 0 Å². The number of benzene rings is 2. The highest BCUT2D eigenvalue weighted by Gasteiger charge is 2.16. The zero-order chi connectivity index (χ0) is 31.7. The Balaban J connectivity index is 1.19. The average molecular weight is 632 g/mol. The highest BCUT2D eigenvalue weighted by molar-refractivity contribution is 7.90. The lowest BCUT2D eigenvalue weighted by Crippen LogP contribution is -2.12. The second kappa shape index (κ2) is 12.3. The summed E-state index contributed by atoms with van der Waals surface area (Å²) >= 11 is 0. The first-order valence-electron chi connectivity index (χ1n) is 14.8. The van der Waals surface area contributed by atoms with Gasteiger partial charge in [-0.3, -0.25) is 15.1 Å². The number of hydrogen-bond acceptors (Lipinski definition) is 7. The Morgan fingerprint density at radius 2 is 1.57 bits per heavy atom. The fraction of sp³-hybridized carbons (Fsp3) is 0.143. The Labute approximate surface area is 264 Å². The standard InChI is InChI=1S/C35H30FN7O2S/c1-46(44,45)8-7-23-9-25(12-28(36)11-23)31-20-39-21-33-29(31)14-32(41-33)34-30-13-27(19-40-35(30)43-42-34)26-10-24(17-38-18-26)16-37-15-22-5-3-2-4-6-22/h2-6,9-14,17-21,37,41H,7-8,15-16H2,1H3,(H,40,42,43). The molecular weight excluding hydrogens is 601 g/mol. The first-order chi connectivity index (χ1) is 22.3. The van der Waals surface area contributed by atoms with Gasteiger partial charge in [-0.05, 0) is 59.0 Å². The lowest BCUT2D eigenvalue weighted by molar-refractivity contribution is 0.600. The van der Waals surface area contributed by atoms with E-state index < -0.39 is 15.7 Å². The monoisotopic (exact) mass is 631 g/mol. The molecule has 7 aromatic rings. The van der Waals surface area contributed by atoms with E-state index in [0.717, 1.165) is 56.5 Å². The van der Waals surface area contributed by atoms with Crippen molar-refractivity contribution in [3.63, 3.8) is 0 Å². The lowest BCUT2D eigenvalue weighted by Gasteiger charge is -2.07. The summed E-state index contributed by atoms with van der Waals surface area (Å²) in [5, 5.41) is 12.7. The number of rotatable bonds is 10. The molecule has 5 heterocycles. The number of pyridine rings is 3. The highest BCUT2D eigenvalue weighted by atomic mass is 32.2. The second-order valence-electron chi connectivity index (χ2n) is 11.4. The molecule has 5 aromatic heterocycles. The maximum Gasteiger partial charge on any atom is 0.181 e. The molecule has 0 spiro atoms. The minimum absolute atomic E-state index is 0.0545. The lowest BCUT2D eigenvalue weighted by atomic mass is 10.0. The van der Waals surface area contributed by atoms with Crippen LogP contribution in [0.25, 0.3) is 55.6 Å². The quantitative estimate of drug-likeness (QED) is 0.163. The number of aryl methyl sites for hydroxylation is 1. The van der Waals surface area contributed by atoms with Crippen LogP contribution in [0.4, 0.5) is 4.39 Å². The smallest absolute Gasteiger partial charge is 0.181 e. The van der Waals surface area contributed by atoms with Gasteiger partial charge in [-0.2, -0.15) is 5.10 Å². The van der Waals surface area contributed by atoms with Crippen LogP contribution in [0.3, 0.4) is 0 Å². The van der Waals surface area contributed by atoms with Crippen molar-refractivity contribution in [3.05, 3.63) is 120 Å². The normalized spacial score (nSPS) is 11.9. The topological polar surface area (TPSA) is 129 Å². The van der Waals surface area contributed by atoms with Crippen molar-refractivity contribution < 1.29 is 12.8 Å². The van der Waals surface area contributed by atoms with Gasteiger partial charge in [-0.25, -0.2) is 17.8 Å². The van der Waals surface area contributed by atoms with Crippen LogP contribution in [0.15, 0.2) is 97.7 Å². The molecule has 2 aromatic carbocycles. The van der Waals surface area contributed by atoms with Gasteiger partial charge in [-0.1, -0.05) is 36.4 Å². The van der Waals surface area contributed by atoms with Crippen LogP contribution in [0.1, 0.15) is 16.7 Å². The van der Waals surface area contributed by atoms with Crippen LogP contribution in [0.2, 0.25) is 0 Å². The summed E-state index contributed by atoms with van der Waals surface area (Å²) in [6.45, 7) is 1.45. The molecule has 230 valence electrons. The number of H-pyrrole nitrogens is 2. The summed E-state index contributed by atoms with van der Waals surface area (Å²) in [7, 11) is -3.18. The Morgan fingerprint density at radius 1 is 0.783 bits per heavy atom. The van der Waals surface area contributed by atoms with Crippen LogP contribution in [0.5, 0.6) is 0 Å². The van der Waals surface area contributed by atoms with E-state index in [1.165, 1.54) is 24.0 Å². The van der Waals surface area contributed by atoms with E-state index in [9.17, 15) is 12.8 Å². The molecule has 46 heavy (non-hydrogen) atoms. The van der Waals surface area contributed by atoms with Crippen molar-refractivity contribution in [1.29, 1.82) is 0 Å². The molecular formula is C35H30FN7O2S. The summed E-state index contributed by atoms with van der Waals surface area (Å²) in [5.41, 5.74) is 8.97. The zero-order valence-corrected chi connectivity index (χ0v) is 25.8. The van der Waals surface area contributed by atoms with Crippen molar-refractivity contribution >= 4 is 31.8 Å². The average Bonchev–Trinajstić information content (AvgIpc) is 3.68. The molecule has 0 aliphatic rings. The Hall–Kier alpha value is -5.26. The third-order valence-corrected chi connectivity index (χ3v) is 8.83. The third-order valence-electron chi connectivity index (χ3n) is 7.88. The van der Waals surface area contributed by atoms with Gasteiger partial charge in [0, 0.05) is 71.6 Å². The molecule has 0 radical (unpaired) electrons. The van der Waals surface area contributed by atoms with E-state index in [2.05, 4.69) is 53.6 Å². The van der Waals surface area contributed by atoms with E-state index in [0.29, 0.717) is 23.3 Å². The Morgan fingerprint density at radius 3 is 2.41 bits per heavy atom. The summed E-state index contributed by atoms with van der Waals surface area (Å²) < 4.78 is 38.1. The molecule has 0 bridgehead atoms. The van der Waals surface area contributed by atoms with Gasteiger partial charge in [0.05, 0.1) is 28.9 Å². The largest absolute Gasteiger partial charge is 0.352 e. The fourth-order valence-corrected chi connectivity index (χ4v) is 6.23. The number of halogens is 1. The van der Waals surface area contributed by atoms with Crippen LogP contribution in [-0.2, 0) is 29.3 Å². The van der Waals surface area contributed by atoms with Crippen LogP contribution in [-0.4, -0.2) is 50.6 Å². The molecule has 0 saturated carbocycles. The molecule has 0 saturated heterocycles. The van der Waals surface area contributed by atoms with Crippen molar-refractivity contribution in [2.24, 2.45) is 0 Å². The fourth-order valence-electron chi connectivity index (χ4n) is 5.62. The van der Waals surface area contributed by atoms with E-state index in [4.69, 9.17) is 0 Å². The minimum atomic E-state index is -3.18. The molecule has 11 heteroatoms. The first kappa shape index (κ1) is 29.5. The molecule has 0 unspecified atom stereocenters. The second-order valence-corrected chi connectivity index (χ2v) is 13.7. The van der Waals surface area contributed by atoms with E-state index in [1.807, 2.05) is 48.8 Å². The summed E-state index contributed by atoms with van der Waals surface area (Å²) in [5.74, 6) is -0.487. The van der Waals surface area contributed by atoms with Gasteiger partial charge in [-0.15, -0.1) is 0 Å². The van der Waals surface area contributed by atoms with Crippen molar-refractivity contribution in [2.45, 2.75) is 19.5 Å². The molecule has 0 amide bonds. The highest BCUT2D eigenvalue weighted by Crippen LogP contribution is 2.35. The number of fused-ring (bicyclic) bond motifs is 2. The van der Waals surface area contributed by atoms with Gasteiger partial charge >= 0.3 is 0 Å². The number of nitrogens with zero attached hydrogens (tertiary/aromatic N) is 4. The molecule has 0 fully saturated rings. The molecule has 7 rings (SSSR count). The van der Waals surface area contributed by atoms with Crippen LogP contribution >= 0.6 is 0 Å². The van der Waals surface area contributed by atoms with Gasteiger partial charge in [0.1, 0.15) is 15.7 Å². The summed E-state index contributed by atoms with van der Waals surface area (Å²) in [6, 6.07) is 21.0. The first-order valence-corrected chi connectivity index (χ1v) is 16.8. The molecule has 3 N–H and O–H groups in total. The van der Waals surface area contributed by atoms with Crippen molar-refractivity contribution in [3.8, 4) is 33.6 Å². The Bertz CT molecular complexity index is 2300. The predicted octanol–water partition coefficient (Wildman–Crippen LogP) is 6.25. The number of aromatic nitrogens is 6. The van der Waals surface area contributed by atoms with Gasteiger partial charge in [0.2, 0.25) is 0 Å². The van der Waals surface area contributed by atoms with E-state index in [-0.39, 0.29) is 12.2 Å². The van der Waals surface area contributed by atoms with Crippen LogP contribution < -0.4 is 5.32 Å². The Kier molecular flexibility index (Phi) is 7.85. The molecule has 9 nitrogen and oxygen atoms in total. The maximum absolute atomic E-state index is 14.7. The molecule has 0 aliphatic carbocycles. The summed E-state index contributed by atoms with van der Waals surface area (Å²) in [4.78, 5) is 16.9. The van der Waals surface area contributed by atoms with Gasteiger partial charge < -0.3 is 10.3 Å². The van der Waals surface area contributed by atoms with Gasteiger partial charge in [0.15, 0.2) is 5.65 Å². The zero-order valence-electron chi connectivity index (χ0n) is 25.0. The number of sulfone groups is 1. The predicted molar refractivity (Wildman–Crippen MR) is 178 cm³/mol. The molecule has 0 aliphatic heterocycles. The number of nitrogens with one attached hydrogen (secondary N) is 3. The van der Waals surface area contributed by atoms with Crippen molar-refractivity contribution in [2.75, 3.05) is 12.0 Å². The maximum atomic E-state index is 14.7. The molecule has 0 atom stereocenters. The van der Waals surface area contributed by atoms with Crippen LogP contribution in [0, 0.1) is 5.82 Å². The van der Waals surface area contributed by atoms with Crippen molar-refractivity contribution in [1.82, 2.24) is 35.5 Å². The van der Waals surface area contributed by atoms with E-state index >= 15 is 0 Å². The SMILES string of the molecule is CS(=O)(=O)CCc1cc(F)cc(-c2cncc3[nH]c(-c4[nH]nc5ncc(-c6cncc(CNCc7ccccc7)c6)cc45)cc23)c1. The minimum Gasteiger partial charge on any atom is -0.352 e.